The summed E-state index contributed by atoms with van der Waals surface area (Å²) in [5.41, 5.74) is 8.96. The second-order valence-corrected chi connectivity index (χ2v) is 16.4. The van der Waals surface area contributed by atoms with Crippen LogP contribution < -0.4 is 16.0 Å². The molecule has 2 aromatic carbocycles. The number of nitrogens with two attached hydrogens (primary N) is 1. The third kappa shape index (κ3) is 9.41. The molecule has 0 bridgehead atoms. The lowest BCUT2D eigenvalue weighted by molar-refractivity contribution is -0.122. The minimum Gasteiger partial charge on any atom is -0.423 e. The lowest BCUT2D eigenvalue weighted by atomic mass is 9.76. The number of anilines is 1. The number of carbonyl (C=O) groups is 1. The molecule has 4 heterocycles. The van der Waals surface area contributed by atoms with Gasteiger partial charge in [0.15, 0.2) is 16.0 Å². The third-order valence-electron chi connectivity index (χ3n) is 11.1. The lowest BCUT2D eigenvalue weighted by Crippen LogP contribution is -2.52. The van der Waals surface area contributed by atoms with Gasteiger partial charge in [0, 0.05) is 73.2 Å². The first-order valence-electron chi connectivity index (χ1n) is 18.2. The van der Waals surface area contributed by atoms with Gasteiger partial charge in [-0.1, -0.05) is 73.2 Å². The van der Waals surface area contributed by atoms with Gasteiger partial charge in [0.2, 0.25) is 0 Å². The van der Waals surface area contributed by atoms with E-state index in [1.807, 2.05) is 41.3 Å². The SMILES string of the molecule is Clc1ccc(C2(c3csc(N4CCNCC4)n3)CCCC2)cc1.NC(=S)N1CCN(B2CO2)CC1.O=C(CCl)C1(c2ccc(Cl)cc2)CCCC1. The summed E-state index contributed by atoms with van der Waals surface area (Å²) in [5.74, 6) is 0.247. The van der Waals surface area contributed by atoms with Gasteiger partial charge in [-0.05, 0) is 73.3 Å². The molecule has 2 aliphatic carbocycles. The maximum Gasteiger partial charge on any atom is 0.407 e. The van der Waals surface area contributed by atoms with Crippen LogP contribution in [0.3, 0.4) is 0 Å². The normalized spacial score (nSPS) is 21.0. The Bertz CT molecular complexity index is 1580. The quantitative estimate of drug-likeness (QED) is 0.115. The van der Waals surface area contributed by atoms with Gasteiger partial charge >= 0.3 is 7.05 Å². The van der Waals surface area contributed by atoms with Gasteiger partial charge in [0.1, 0.15) is 0 Å². The summed E-state index contributed by atoms with van der Waals surface area (Å²) in [6.07, 6.45) is 8.99. The van der Waals surface area contributed by atoms with Crippen LogP contribution in [0.4, 0.5) is 5.13 Å². The molecule has 3 aromatic rings. The fourth-order valence-corrected chi connectivity index (χ4v) is 9.68. The fraction of sp³-hybridized carbons (Fsp3) is 0.541. The van der Waals surface area contributed by atoms with Crippen molar-refractivity contribution in [3.63, 3.8) is 0 Å². The van der Waals surface area contributed by atoms with Crippen LogP contribution in [0.15, 0.2) is 53.9 Å². The number of halogens is 3. The Morgan fingerprint density at radius 3 is 1.96 bits per heavy atom. The van der Waals surface area contributed by atoms with E-state index in [9.17, 15) is 4.79 Å². The molecule has 0 atom stereocenters. The number of hydrogen-bond acceptors (Lipinski definition) is 8. The molecule has 3 N–H and O–H groups in total. The van der Waals surface area contributed by atoms with Crippen molar-refractivity contribution in [2.45, 2.75) is 62.2 Å². The van der Waals surface area contributed by atoms with Gasteiger partial charge in [-0.3, -0.25) is 4.79 Å². The van der Waals surface area contributed by atoms with Gasteiger partial charge in [0.25, 0.3) is 0 Å². The van der Waals surface area contributed by atoms with Gasteiger partial charge in [-0.15, -0.1) is 22.9 Å². The van der Waals surface area contributed by atoms with E-state index in [2.05, 4.69) is 32.5 Å². The number of rotatable bonds is 7. The molecule has 0 spiro atoms. The van der Waals surface area contributed by atoms with Crippen molar-refractivity contribution in [1.82, 2.24) is 20.0 Å². The standard InChI is InChI=1S/C18H22ClN3S.C13H14Cl2O.C6H12BN3OS/c19-15-5-3-14(4-6-15)18(7-1-2-8-18)16-13-23-17(21-16)22-11-9-20-10-12-22;14-9-12(16)13(7-1-2-8-13)10-3-5-11(15)6-4-10;8-6(12)9-1-3-10(4-2-9)7-5-11-7/h3-6,13,20H,1-2,7-12H2;3-6H,1-2,7-9H2;1-5H2,(H2,8,12). The Morgan fingerprint density at radius 2 is 1.43 bits per heavy atom. The first-order chi connectivity index (χ1) is 24.7. The third-order valence-corrected chi connectivity index (χ3v) is 13.0. The smallest absolute Gasteiger partial charge is 0.407 e. The number of hydrogen-bond donors (Lipinski definition) is 2. The molecule has 5 aliphatic rings. The van der Waals surface area contributed by atoms with E-state index in [1.54, 1.807) is 11.3 Å². The number of aromatic nitrogens is 1. The van der Waals surface area contributed by atoms with Crippen LogP contribution in [-0.2, 0) is 20.3 Å². The first-order valence-corrected chi connectivity index (χ1v) is 20.7. The van der Waals surface area contributed by atoms with Crippen molar-refractivity contribution in [3.05, 3.63) is 80.8 Å². The highest BCUT2D eigenvalue weighted by Gasteiger charge is 2.42. The topological polar surface area (TPSA) is 90.3 Å². The summed E-state index contributed by atoms with van der Waals surface area (Å²) < 4.78 is 5.19. The zero-order valence-corrected chi connectivity index (χ0v) is 33.0. The van der Waals surface area contributed by atoms with Crippen LogP contribution in [0, 0.1) is 0 Å². The van der Waals surface area contributed by atoms with Crippen molar-refractivity contribution in [2.24, 2.45) is 5.73 Å². The second-order valence-electron chi connectivity index (χ2n) is 14.1. The van der Waals surface area contributed by atoms with Crippen molar-refractivity contribution in [3.8, 4) is 0 Å². The molecule has 8 nitrogen and oxygen atoms in total. The molecule has 274 valence electrons. The van der Waals surface area contributed by atoms with E-state index in [1.165, 1.54) is 42.1 Å². The Balaban J connectivity index is 0.000000140. The van der Waals surface area contributed by atoms with E-state index in [0.717, 1.165) is 95.1 Å². The van der Waals surface area contributed by atoms with Crippen LogP contribution in [0.2, 0.25) is 10.0 Å². The molecule has 2 saturated carbocycles. The molecular weight excluding hydrogens is 742 g/mol. The zero-order valence-electron chi connectivity index (χ0n) is 29.1. The number of benzene rings is 2. The number of carbonyl (C=O) groups excluding carboxylic acids is 1. The first kappa shape index (κ1) is 38.8. The largest absolute Gasteiger partial charge is 0.423 e. The number of nitrogens with zero attached hydrogens (tertiary/aromatic N) is 4. The average molecular weight is 790 g/mol. The molecule has 8 rings (SSSR count). The number of Topliss-reactive ketones (excluding diaryl/α,β-unsaturated/α-hetero) is 1. The maximum absolute atomic E-state index is 12.1. The number of piperazine rings is 2. The zero-order chi connectivity index (χ0) is 35.8. The highest BCUT2D eigenvalue weighted by molar-refractivity contribution is 7.80. The fourth-order valence-electron chi connectivity index (χ4n) is 8.01. The van der Waals surface area contributed by atoms with E-state index in [-0.39, 0.29) is 22.5 Å². The summed E-state index contributed by atoms with van der Waals surface area (Å²) in [7, 11) is 0.387. The van der Waals surface area contributed by atoms with Gasteiger partial charge < -0.3 is 30.3 Å². The predicted molar refractivity (Wildman–Crippen MR) is 217 cm³/mol. The number of nitrogens with one attached hydrogen (secondary N) is 1. The van der Waals surface area contributed by atoms with Gasteiger partial charge in [-0.2, -0.15) is 0 Å². The predicted octanol–water partition coefficient (Wildman–Crippen LogP) is 6.93. The number of thiocarbonyl (C=S) groups is 1. The average Bonchev–Trinajstić information content (AvgIpc) is 3.51. The Morgan fingerprint density at radius 1 is 0.882 bits per heavy atom. The molecular formula is C37H48BCl3N6O2S2. The molecule has 3 saturated heterocycles. The van der Waals surface area contributed by atoms with Crippen LogP contribution in [0.25, 0.3) is 0 Å². The molecule has 0 amide bonds. The van der Waals surface area contributed by atoms with Gasteiger partial charge in [-0.25, -0.2) is 4.98 Å². The van der Waals surface area contributed by atoms with Crippen molar-refractivity contribution >= 4 is 81.4 Å². The van der Waals surface area contributed by atoms with Crippen LogP contribution >= 0.6 is 58.4 Å². The summed E-state index contributed by atoms with van der Waals surface area (Å²) in [6, 6.07) is 16.0. The number of alkyl halides is 1. The molecule has 5 fully saturated rings. The minimum absolute atomic E-state index is 0.0907. The van der Waals surface area contributed by atoms with Crippen LogP contribution in [0.1, 0.15) is 68.2 Å². The van der Waals surface area contributed by atoms with E-state index in [4.69, 9.17) is 62.4 Å². The minimum atomic E-state index is -0.341. The van der Waals surface area contributed by atoms with Crippen LogP contribution in [-0.4, -0.2) is 97.4 Å². The van der Waals surface area contributed by atoms with Crippen molar-refractivity contribution < 1.29 is 9.45 Å². The maximum atomic E-state index is 12.1. The highest BCUT2D eigenvalue weighted by atomic mass is 35.5. The lowest BCUT2D eigenvalue weighted by Gasteiger charge is -2.33. The van der Waals surface area contributed by atoms with E-state index in [0.29, 0.717) is 17.2 Å². The summed E-state index contributed by atoms with van der Waals surface area (Å²) in [6.45, 7) is 9.03. The second kappa shape index (κ2) is 17.9. The number of thiazole rings is 1. The van der Waals surface area contributed by atoms with Crippen LogP contribution in [0.5, 0.6) is 0 Å². The Labute approximate surface area is 327 Å². The van der Waals surface area contributed by atoms with Gasteiger partial charge in [0.05, 0.1) is 23.5 Å². The molecule has 0 unspecified atom stereocenters. The summed E-state index contributed by atoms with van der Waals surface area (Å²) in [4.78, 5) is 23.9. The monoisotopic (exact) mass is 788 g/mol. The molecule has 3 aliphatic heterocycles. The highest BCUT2D eigenvalue weighted by Crippen LogP contribution is 2.47. The molecule has 14 heteroatoms. The van der Waals surface area contributed by atoms with Crippen molar-refractivity contribution in [2.75, 3.05) is 69.6 Å². The van der Waals surface area contributed by atoms with E-state index < -0.39 is 0 Å². The number of ketones is 1. The summed E-state index contributed by atoms with van der Waals surface area (Å²) in [5, 5.41) is 8.91. The van der Waals surface area contributed by atoms with E-state index >= 15 is 0 Å². The molecule has 0 radical (unpaired) electrons. The molecule has 1 aromatic heterocycles. The molecule has 51 heavy (non-hydrogen) atoms. The Kier molecular flexibility index (Phi) is 13.6. The Hall–Kier alpha value is -1.96. The summed E-state index contributed by atoms with van der Waals surface area (Å²) >= 11 is 24.4. The van der Waals surface area contributed by atoms with Crippen molar-refractivity contribution in [1.29, 1.82) is 0 Å².